The molecule has 0 atom stereocenters. The van der Waals surface area contributed by atoms with E-state index in [0.29, 0.717) is 17.9 Å². The predicted octanol–water partition coefficient (Wildman–Crippen LogP) is 4.74. The van der Waals surface area contributed by atoms with Crippen LogP contribution in [0.15, 0.2) is 47.3 Å². The highest BCUT2D eigenvalue weighted by Crippen LogP contribution is 2.28. The second-order valence-electron chi connectivity index (χ2n) is 9.91. The fourth-order valence-electron chi connectivity index (χ4n) is 4.66. The monoisotopic (exact) mass is 546 g/mol. The topological polar surface area (TPSA) is 85.7 Å². The van der Waals surface area contributed by atoms with Crippen molar-refractivity contribution in [1.29, 1.82) is 0 Å². The molecule has 11 heteroatoms. The summed E-state index contributed by atoms with van der Waals surface area (Å²) in [6, 6.07) is 9.93. The van der Waals surface area contributed by atoms with E-state index in [4.69, 9.17) is 4.74 Å². The first-order valence-electron chi connectivity index (χ1n) is 13.1. The van der Waals surface area contributed by atoms with Crippen LogP contribution in [0.3, 0.4) is 0 Å². The molecule has 0 bridgehead atoms. The Labute approximate surface area is 224 Å². The van der Waals surface area contributed by atoms with Gasteiger partial charge >= 0.3 is 6.36 Å². The van der Waals surface area contributed by atoms with Gasteiger partial charge in [-0.15, -0.1) is 13.2 Å². The van der Waals surface area contributed by atoms with Crippen LogP contribution >= 0.6 is 0 Å². The normalized spacial score (nSPS) is 14.5. The number of aromatic nitrogens is 2. The number of hydrogen-bond donors (Lipinski definition) is 1. The van der Waals surface area contributed by atoms with Crippen molar-refractivity contribution in [2.45, 2.75) is 58.5 Å². The lowest BCUT2D eigenvalue weighted by molar-refractivity contribution is -0.274. The Balaban J connectivity index is 1.63. The molecule has 0 spiro atoms. The molecule has 1 amide bonds. The molecule has 8 nitrogen and oxygen atoms in total. The van der Waals surface area contributed by atoms with Gasteiger partial charge in [0, 0.05) is 18.2 Å². The number of nitrogens with zero attached hydrogens (tertiary/aromatic N) is 3. The molecule has 4 rings (SSSR count). The summed E-state index contributed by atoms with van der Waals surface area (Å²) in [6.45, 7) is 6.87. The first-order chi connectivity index (χ1) is 18.6. The molecular formula is C28H33F3N4O4. The number of ether oxygens (including phenoxy) is 2. The van der Waals surface area contributed by atoms with E-state index in [0.717, 1.165) is 42.8 Å². The molecule has 1 fully saturated rings. The maximum atomic E-state index is 13.6. The second-order valence-corrected chi connectivity index (χ2v) is 9.91. The van der Waals surface area contributed by atoms with E-state index in [-0.39, 0.29) is 29.4 Å². The van der Waals surface area contributed by atoms with Crippen molar-refractivity contribution in [3.63, 3.8) is 0 Å². The fourth-order valence-corrected chi connectivity index (χ4v) is 4.66. The molecule has 0 unspecified atom stereocenters. The quantitative estimate of drug-likeness (QED) is 0.370. The Morgan fingerprint density at radius 1 is 1.08 bits per heavy atom. The number of alkyl halides is 3. The van der Waals surface area contributed by atoms with Crippen molar-refractivity contribution < 1.29 is 27.4 Å². The molecule has 1 aliphatic rings. The lowest BCUT2D eigenvalue weighted by atomic mass is 10.1. The van der Waals surface area contributed by atoms with Gasteiger partial charge in [-0.25, -0.2) is 4.98 Å². The lowest BCUT2D eigenvalue weighted by Crippen LogP contribution is -2.37. The zero-order valence-electron chi connectivity index (χ0n) is 22.1. The average molecular weight is 547 g/mol. The largest absolute Gasteiger partial charge is 0.573 e. The van der Waals surface area contributed by atoms with Crippen molar-refractivity contribution in [1.82, 2.24) is 19.8 Å². The van der Waals surface area contributed by atoms with Crippen LogP contribution in [-0.4, -0.2) is 59.0 Å². The number of carbonyl (C=O) groups is 1. The lowest BCUT2D eigenvalue weighted by Gasteiger charge is -2.26. The predicted molar refractivity (Wildman–Crippen MR) is 142 cm³/mol. The maximum absolute atomic E-state index is 13.6. The minimum Gasteiger partial charge on any atom is -0.494 e. The molecule has 1 saturated heterocycles. The number of rotatable bonds is 10. The van der Waals surface area contributed by atoms with Crippen LogP contribution in [0.4, 0.5) is 13.2 Å². The average Bonchev–Trinajstić information content (AvgIpc) is 2.87. The van der Waals surface area contributed by atoms with Crippen LogP contribution in [0.2, 0.25) is 0 Å². The first kappa shape index (κ1) is 28.4. The smallest absolute Gasteiger partial charge is 0.494 e. The number of halogens is 3. The third-order valence-corrected chi connectivity index (χ3v) is 6.34. The molecule has 0 radical (unpaired) electrons. The van der Waals surface area contributed by atoms with Crippen LogP contribution in [-0.2, 0) is 11.3 Å². The molecule has 2 heterocycles. The minimum atomic E-state index is -4.88. The van der Waals surface area contributed by atoms with Crippen LogP contribution in [0.25, 0.3) is 22.3 Å². The Hall–Kier alpha value is -3.60. The van der Waals surface area contributed by atoms with Crippen molar-refractivity contribution in [3.8, 4) is 22.9 Å². The SMILES string of the molecule is CC(C)NC(=O)Cn1c(-c2cccc(OC(F)(F)F)c2)nc2ccc(OCCCN3CCCCC3)cc2c1=O. The molecular weight excluding hydrogens is 513 g/mol. The van der Waals surface area contributed by atoms with Gasteiger partial charge in [0.25, 0.3) is 5.56 Å². The van der Waals surface area contributed by atoms with E-state index >= 15 is 0 Å². The van der Waals surface area contributed by atoms with Crippen molar-refractivity contribution in [3.05, 3.63) is 52.8 Å². The number of likely N-dealkylation sites (tertiary alicyclic amines) is 1. The standard InChI is InChI=1S/C28H33F3N4O4/c1-19(2)32-25(36)18-35-26(20-8-6-9-22(16-20)39-28(29,30)31)33-24-11-10-21(17-23(24)27(35)37)38-15-7-14-34-12-4-3-5-13-34/h6,8-11,16-17,19H,3-5,7,12-15,18H2,1-2H3,(H,32,36). The maximum Gasteiger partial charge on any atom is 0.573 e. The Morgan fingerprint density at radius 2 is 1.85 bits per heavy atom. The fraction of sp³-hybridized carbons (Fsp3) is 0.464. The van der Waals surface area contributed by atoms with Gasteiger partial charge in [0.1, 0.15) is 23.9 Å². The molecule has 39 heavy (non-hydrogen) atoms. The van der Waals surface area contributed by atoms with Gasteiger partial charge in [0.05, 0.1) is 17.5 Å². The number of amides is 1. The zero-order valence-corrected chi connectivity index (χ0v) is 22.1. The first-order valence-corrected chi connectivity index (χ1v) is 13.1. The van der Waals surface area contributed by atoms with E-state index in [1.54, 1.807) is 32.0 Å². The molecule has 3 aromatic rings. The highest BCUT2D eigenvalue weighted by Gasteiger charge is 2.31. The Bertz CT molecular complexity index is 1350. The highest BCUT2D eigenvalue weighted by atomic mass is 19.4. The minimum absolute atomic E-state index is 0.0502. The number of fused-ring (bicyclic) bond motifs is 1. The van der Waals surface area contributed by atoms with Gasteiger partial charge in [0.2, 0.25) is 5.91 Å². The molecule has 1 aromatic heterocycles. The van der Waals surface area contributed by atoms with Gasteiger partial charge in [-0.1, -0.05) is 18.6 Å². The van der Waals surface area contributed by atoms with E-state index < -0.39 is 23.6 Å². The number of piperidine rings is 1. The van der Waals surface area contributed by atoms with E-state index in [9.17, 15) is 22.8 Å². The summed E-state index contributed by atoms with van der Waals surface area (Å²) >= 11 is 0. The number of hydrogen-bond acceptors (Lipinski definition) is 6. The van der Waals surface area contributed by atoms with Gasteiger partial charge in [0.15, 0.2) is 0 Å². The van der Waals surface area contributed by atoms with Crippen LogP contribution in [0.1, 0.15) is 39.5 Å². The molecule has 1 N–H and O–H groups in total. The number of benzene rings is 2. The Morgan fingerprint density at radius 3 is 2.56 bits per heavy atom. The van der Waals surface area contributed by atoms with E-state index in [2.05, 4.69) is 19.9 Å². The van der Waals surface area contributed by atoms with Gasteiger partial charge in [-0.05, 0) is 76.5 Å². The van der Waals surface area contributed by atoms with Crippen molar-refractivity contribution in [2.24, 2.45) is 0 Å². The highest BCUT2D eigenvalue weighted by molar-refractivity contribution is 5.83. The zero-order chi connectivity index (χ0) is 28.0. The third-order valence-electron chi connectivity index (χ3n) is 6.34. The van der Waals surface area contributed by atoms with Crippen LogP contribution in [0.5, 0.6) is 11.5 Å². The third kappa shape index (κ3) is 7.95. The summed E-state index contributed by atoms with van der Waals surface area (Å²) in [7, 11) is 0. The Kier molecular flexibility index (Phi) is 9.11. The second kappa shape index (κ2) is 12.5. The van der Waals surface area contributed by atoms with Crippen LogP contribution in [0, 0.1) is 0 Å². The number of nitrogens with one attached hydrogen (secondary N) is 1. The summed E-state index contributed by atoms with van der Waals surface area (Å²) in [5.41, 5.74) is 0.0271. The van der Waals surface area contributed by atoms with Crippen molar-refractivity contribution >= 4 is 16.8 Å². The summed E-state index contributed by atoms with van der Waals surface area (Å²) in [5.74, 6) is -0.330. The summed E-state index contributed by atoms with van der Waals surface area (Å²) < 4.78 is 49.5. The van der Waals surface area contributed by atoms with Gasteiger partial charge < -0.3 is 19.7 Å². The molecule has 1 aliphatic heterocycles. The van der Waals surface area contributed by atoms with Crippen molar-refractivity contribution in [2.75, 3.05) is 26.2 Å². The summed E-state index contributed by atoms with van der Waals surface area (Å²) in [4.78, 5) is 33.2. The summed E-state index contributed by atoms with van der Waals surface area (Å²) in [6.07, 6.45) is -0.297. The van der Waals surface area contributed by atoms with Gasteiger partial charge in [-0.3, -0.25) is 14.2 Å². The number of carbonyl (C=O) groups excluding carboxylic acids is 1. The molecule has 0 saturated carbocycles. The van der Waals surface area contributed by atoms with Gasteiger partial charge in [-0.2, -0.15) is 0 Å². The molecule has 2 aromatic carbocycles. The van der Waals surface area contributed by atoms with Crippen LogP contribution < -0.4 is 20.3 Å². The van der Waals surface area contributed by atoms with E-state index in [1.807, 2.05) is 0 Å². The molecule has 210 valence electrons. The van der Waals surface area contributed by atoms with E-state index in [1.165, 1.54) is 31.4 Å². The summed E-state index contributed by atoms with van der Waals surface area (Å²) in [5, 5.41) is 2.97. The molecule has 0 aliphatic carbocycles.